The van der Waals surface area contributed by atoms with Gasteiger partial charge in [0.1, 0.15) is 11.3 Å². The number of carbonyl (C=O) groups is 1. The van der Waals surface area contributed by atoms with Gasteiger partial charge < -0.3 is 9.88 Å². The molecule has 0 aromatic carbocycles. The molecule has 1 amide bonds. The highest BCUT2D eigenvalue weighted by atomic mass is 16.2. The van der Waals surface area contributed by atoms with Crippen molar-refractivity contribution in [3.8, 4) is 0 Å². The van der Waals surface area contributed by atoms with Crippen molar-refractivity contribution in [2.75, 3.05) is 0 Å². The van der Waals surface area contributed by atoms with E-state index in [1.165, 1.54) is 30.8 Å². The van der Waals surface area contributed by atoms with Gasteiger partial charge in [-0.05, 0) is 19.1 Å². The number of aromatic nitrogens is 5. The zero-order valence-corrected chi connectivity index (χ0v) is 14.1. The van der Waals surface area contributed by atoms with E-state index in [-0.39, 0.29) is 28.7 Å². The van der Waals surface area contributed by atoms with Crippen molar-refractivity contribution >= 4 is 16.9 Å². The molecule has 0 aliphatic heterocycles. The summed E-state index contributed by atoms with van der Waals surface area (Å²) in [5.41, 5.74) is -0.599. The van der Waals surface area contributed by atoms with Crippen LogP contribution in [0.15, 0.2) is 40.4 Å². The molecule has 0 radical (unpaired) electrons. The van der Waals surface area contributed by atoms with Gasteiger partial charge in [-0.1, -0.05) is 0 Å². The van der Waals surface area contributed by atoms with Crippen molar-refractivity contribution in [3.05, 3.63) is 57.4 Å². The summed E-state index contributed by atoms with van der Waals surface area (Å²) in [5, 5.41) is 3.12. The molecular weight excluding hydrogens is 324 g/mol. The molecule has 1 atom stereocenters. The number of nitrogens with zero attached hydrogens (tertiary/aromatic N) is 5. The summed E-state index contributed by atoms with van der Waals surface area (Å²) in [4.78, 5) is 44.7. The Kier molecular flexibility index (Phi) is 4.22. The number of hydrogen-bond acceptors (Lipinski definition) is 5. The van der Waals surface area contributed by atoms with E-state index >= 15 is 0 Å². The van der Waals surface area contributed by atoms with Crippen LogP contribution in [-0.4, -0.2) is 35.6 Å². The number of carbonyl (C=O) groups excluding carboxylic acids is 1. The largest absolute Gasteiger partial charge is 0.346 e. The number of rotatable bonds is 4. The van der Waals surface area contributed by atoms with Crippen LogP contribution in [0.2, 0.25) is 0 Å². The van der Waals surface area contributed by atoms with Crippen molar-refractivity contribution in [3.63, 3.8) is 0 Å². The first-order valence-corrected chi connectivity index (χ1v) is 7.72. The predicted octanol–water partition coefficient (Wildman–Crippen LogP) is -0.353. The molecule has 0 spiro atoms. The Hall–Kier alpha value is -3.23. The van der Waals surface area contributed by atoms with Gasteiger partial charge in [0.2, 0.25) is 0 Å². The highest BCUT2D eigenvalue weighted by Gasteiger charge is 2.15. The zero-order chi connectivity index (χ0) is 18.1. The van der Waals surface area contributed by atoms with Crippen LogP contribution < -0.4 is 16.6 Å². The summed E-state index contributed by atoms with van der Waals surface area (Å²) < 4.78 is 4.12. The van der Waals surface area contributed by atoms with E-state index in [0.29, 0.717) is 6.54 Å². The second kappa shape index (κ2) is 6.34. The van der Waals surface area contributed by atoms with Gasteiger partial charge in [0.05, 0.1) is 11.7 Å². The van der Waals surface area contributed by atoms with Crippen LogP contribution in [0.5, 0.6) is 0 Å². The molecule has 0 aliphatic rings. The van der Waals surface area contributed by atoms with Gasteiger partial charge in [0.25, 0.3) is 11.5 Å². The quantitative estimate of drug-likeness (QED) is 0.698. The Balaban J connectivity index is 1.90. The predicted molar refractivity (Wildman–Crippen MR) is 91.4 cm³/mol. The fourth-order valence-electron chi connectivity index (χ4n) is 2.63. The third kappa shape index (κ3) is 3.08. The monoisotopic (exact) mass is 342 g/mol. The van der Waals surface area contributed by atoms with E-state index in [2.05, 4.69) is 15.3 Å². The molecular formula is C16H18N6O3. The number of pyridine rings is 1. The van der Waals surface area contributed by atoms with Crippen LogP contribution in [0.3, 0.4) is 0 Å². The number of hydrogen-bond donors (Lipinski definition) is 1. The number of fused-ring (bicyclic) bond motifs is 1. The lowest BCUT2D eigenvalue weighted by Crippen LogP contribution is -2.38. The molecule has 0 unspecified atom stereocenters. The van der Waals surface area contributed by atoms with E-state index < -0.39 is 11.2 Å². The average molecular weight is 342 g/mol. The molecule has 0 saturated carbocycles. The molecule has 0 saturated heterocycles. The lowest BCUT2D eigenvalue weighted by Gasteiger charge is -2.14. The van der Waals surface area contributed by atoms with Crippen LogP contribution in [0.1, 0.15) is 17.4 Å². The Morgan fingerprint density at radius 1 is 1.24 bits per heavy atom. The molecule has 3 rings (SSSR count). The van der Waals surface area contributed by atoms with Crippen molar-refractivity contribution in [1.29, 1.82) is 0 Å². The van der Waals surface area contributed by atoms with Crippen LogP contribution in [0.25, 0.3) is 11.0 Å². The number of aryl methyl sites for hydroxylation is 1. The van der Waals surface area contributed by atoms with Gasteiger partial charge in [0, 0.05) is 39.1 Å². The molecule has 1 N–H and O–H groups in total. The van der Waals surface area contributed by atoms with E-state index in [9.17, 15) is 14.4 Å². The maximum absolute atomic E-state index is 12.4. The molecule has 0 bridgehead atoms. The first-order chi connectivity index (χ1) is 11.9. The molecule has 9 heteroatoms. The minimum atomic E-state index is -0.490. The highest BCUT2D eigenvalue weighted by Crippen LogP contribution is 2.06. The fourth-order valence-corrected chi connectivity index (χ4v) is 2.63. The Morgan fingerprint density at radius 2 is 2.00 bits per heavy atom. The van der Waals surface area contributed by atoms with Crippen molar-refractivity contribution in [2.24, 2.45) is 14.1 Å². The Morgan fingerprint density at radius 3 is 2.68 bits per heavy atom. The first-order valence-electron chi connectivity index (χ1n) is 7.72. The molecule has 3 aromatic rings. The number of imidazole rings is 1. The third-order valence-electron chi connectivity index (χ3n) is 3.96. The summed E-state index contributed by atoms with van der Waals surface area (Å²) in [6, 6.07) is 2.85. The summed E-state index contributed by atoms with van der Waals surface area (Å²) in [5.74, 6) is -0.373. The van der Waals surface area contributed by atoms with Gasteiger partial charge in [-0.3, -0.25) is 18.7 Å². The maximum Gasteiger partial charge on any atom is 0.332 e. The molecule has 25 heavy (non-hydrogen) atoms. The smallest absolute Gasteiger partial charge is 0.332 e. The minimum absolute atomic E-state index is 0.147. The summed E-state index contributed by atoms with van der Waals surface area (Å²) in [6.07, 6.45) is 5.14. The summed E-state index contributed by atoms with van der Waals surface area (Å²) in [6.45, 7) is 2.43. The topological polar surface area (TPSA) is 104 Å². The van der Waals surface area contributed by atoms with Gasteiger partial charge >= 0.3 is 5.69 Å². The van der Waals surface area contributed by atoms with Crippen LogP contribution >= 0.6 is 0 Å². The second-order valence-electron chi connectivity index (χ2n) is 5.91. The van der Waals surface area contributed by atoms with Gasteiger partial charge in [-0.15, -0.1) is 0 Å². The van der Waals surface area contributed by atoms with Crippen molar-refractivity contribution < 1.29 is 4.79 Å². The SMILES string of the molecule is C[C@@H](Cn1ccnc1)NC(=O)c1ccc2c(=O)n(C)c(=O)n(C)c2n1. The lowest BCUT2D eigenvalue weighted by atomic mass is 10.2. The van der Waals surface area contributed by atoms with E-state index in [1.807, 2.05) is 17.7 Å². The lowest BCUT2D eigenvalue weighted by molar-refractivity contribution is 0.0932. The molecule has 3 aromatic heterocycles. The van der Waals surface area contributed by atoms with Crippen LogP contribution in [0, 0.1) is 0 Å². The third-order valence-corrected chi connectivity index (χ3v) is 3.96. The van der Waals surface area contributed by atoms with Gasteiger partial charge in [-0.25, -0.2) is 14.8 Å². The maximum atomic E-state index is 12.4. The van der Waals surface area contributed by atoms with Gasteiger partial charge in [-0.2, -0.15) is 0 Å². The first kappa shape index (κ1) is 16.6. The zero-order valence-electron chi connectivity index (χ0n) is 14.1. The standard InChI is InChI=1S/C16H18N6O3/c1-10(8-22-7-6-17-9-22)18-14(23)12-5-4-11-13(19-12)20(2)16(25)21(3)15(11)24/h4-7,9-10H,8H2,1-3H3,(H,18,23)/t10-/m0/s1. The molecule has 3 heterocycles. The molecule has 0 aliphatic carbocycles. The van der Waals surface area contributed by atoms with Crippen LogP contribution in [-0.2, 0) is 20.6 Å². The normalized spacial score (nSPS) is 12.3. The fraction of sp³-hybridized carbons (Fsp3) is 0.312. The van der Waals surface area contributed by atoms with E-state index in [0.717, 1.165) is 4.57 Å². The van der Waals surface area contributed by atoms with Crippen LogP contribution in [0.4, 0.5) is 0 Å². The van der Waals surface area contributed by atoms with E-state index in [1.54, 1.807) is 12.5 Å². The van der Waals surface area contributed by atoms with E-state index in [4.69, 9.17) is 0 Å². The number of nitrogens with one attached hydrogen (secondary N) is 1. The van der Waals surface area contributed by atoms with Crippen molar-refractivity contribution in [1.82, 2.24) is 29.0 Å². The molecule has 9 nitrogen and oxygen atoms in total. The summed E-state index contributed by atoms with van der Waals surface area (Å²) >= 11 is 0. The molecule has 0 fully saturated rings. The van der Waals surface area contributed by atoms with Crippen molar-refractivity contribution in [2.45, 2.75) is 19.5 Å². The Bertz CT molecular complexity index is 1050. The summed E-state index contributed by atoms with van der Waals surface area (Å²) in [7, 11) is 2.92. The minimum Gasteiger partial charge on any atom is -0.346 e. The Labute approximate surface area is 142 Å². The second-order valence-corrected chi connectivity index (χ2v) is 5.91. The number of amides is 1. The molecule has 130 valence electrons. The van der Waals surface area contributed by atoms with Gasteiger partial charge in [0.15, 0.2) is 0 Å². The average Bonchev–Trinajstić information content (AvgIpc) is 3.10. The highest BCUT2D eigenvalue weighted by molar-refractivity contribution is 5.94.